The van der Waals surface area contributed by atoms with Crippen LogP contribution in [0.25, 0.3) is 11.3 Å². The minimum atomic E-state index is -0.320. The molecule has 0 saturated carbocycles. The topological polar surface area (TPSA) is 56.2 Å². The zero-order valence-corrected chi connectivity index (χ0v) is 9.77. The summed E-state index contributed by atoms with van der Waals surface area (Å²) in [6, 6.07) is 9.86. The Hall–Kier alpha value is -2.76. The molecule has 0 amide bonds. The van der Waals surface area contributed by atoms with E-state index in [0.717, 1.165) is 0 Å². The number of furan rings is 1. The van der Waals surface area contributed by atoms with Crippen molar-refractivity contribution in [3.8, 4) is 11.3 Å². The smallest absolute Gasteiger partial charge is 0.147 e. The second-order valence-electron chi connectivity index (χ2n) is 3.77. The molecule has 2 heterocycles. The van der Waals surface area contributed by atoms with Crippen LogP contribution >= 0.6 is 0 Å². The monoisotopic (exact) mass is 256 g/mol. The van der Waals surface area contributed by atoms with Gasteiger partial charge in [-0.2, -0.15) is 5.10 Å². The van der Waals surface area contributed by atoms with Crippen molar-refractivity contribution in [1.82, 2.24) is 14.9 Å². The highest BCUT2D eigenvalue weighted by Gasteiger charge is 2.07. The summed E-state index contributed by atoms with van der Waals surface area (Å²) in [5, 5.41) is 11.3. The van der Waals surface area contributed by atoms with Crippen LogP contribution < -0.4 is 0 Å². The molecule has 0 aliphatic rings. The Bertz CT molecular complexity index is 703. The minimum absolute atomic E-state index is 0.320. The maximum Gasteiger partial charge on any atom is 0.147 e. The average Bonchev–Trinajstić information content (AvgIpc) is 3.08. The van der Waals surface area contributed by atoms with E-state index in [4.69, 9.17) is 4.42 Å². The van der Waals surface area contributed by atoms with Gasteiger partial charge in [-0.05, 0) is 24.3 Å². The van der Waals surface area contributed by atoms with Crippen LogP contribution in [-0.4, -0.2) is 21.1 Å². The molecule has 0 aliphatic carbocycles. The summed E-state index contributed by atoms with van der Waals surface area (Å²) in [5.41, 5.74) is 0.423. The van der Waals surface area contributed by atoms with E-state index in [2.05, 4.69) is 15.3 Å². The van der Waals surface area contributed by atoms with E-state index in [1.165, 1.54) is 29.6 Å². The number of aromatic nitrogens is 3. The van der Waals surface area contributed by atoms with Crippen molar-refractivity contribution in [2.45, 2.75) is 0 Å². The molecule has 3 rings (SSSR count). The van der Waals surface area contributed by atoms with Crippen LogP contribution in [0.1, 0.15) is 5.76 Å². The van der Waals surface area contributed by atoms with Crippen molar-refractivity contribution in [3.63, 3.8) is 0 Å². The fourth-order valence-corrected chi connectivity index (χ4v) is 1.61. The molecule has 0 saturated heterocycles. The van der Waals surface area contributed by atoms with Crippen LogP contribution in [0.3, 0.4) is 0 Å². The lowest BCUT2D eigenvalue weighted by atomic mass is 10.1. The van der Waals surface area contributed by atoms with Crippen molar-refractivity contribution >= 4 is 6.21 Å². The lowest BCUT2D eigenvalue weighted by molar-refractivity contribution is 0.563. The van der Waals surface area contributed by atoms with Crippen LogP contribution in [0, 0.1) is 5.82 Å². The normalized spacial score (nSPS) is 11.2. The first kappa shape index (κ1) is 11.3. The van der Waals surface area contributed by atoms with Gasteiger partial charge in [-0.25, -0.2) is 9.07 Å². The van der Waals surface area contributed by atoms with Crippen molar-refractivity contribution in [1.29, 1.82) is 0 Å². The van der Waals surface area contributed by atoms with E-state index < -0.39 is 0 Å². The van der Waals surface area contributed by atoms with Gasteiger partial charge in [0.15, 0.2) is 0 Å². The van der Waals surface area contributed by atoms with E-state index in [1.807, 2.05) is 0 Å². The van der Waals surface area contributed by atoms with Crippen molar-refractivity contribution < 1.29 is 8.81 Å². The first-order valence-corrected chi connectivity index (χ1v) is 5.56. The number of hydrogen-bond acceptors (Lipinski definition) is 4. The number of halogens is 1. The molecule has 0 unspecified atom stereocenters. The second-order valence-corrected chi connectivity index (χ2v) is 3.77. The van der Waals surface area contributed by atoms with Gasteiger partial charge in [0.2, 0.25) is 0 Å². The van der Waals surface area contributed by atoms with Gasteiger partial charge >= 0.3 is 0 Å². The SMILES string of the molecule is Fc1ccccc1-c1ccc(/C=N\n2cnnc2)o1. The minimum Gasteiger partial charge on any atom is -0.455 e. The third kappa shape index (κ3) is 2.42. The van der Waals surface area contributed by atoms with Crippen LogP contribution in [0.5, 0.6) is 0 Å². The molecule has 19 heavy (non-hydrogen) atoms. The molecule has 0 spiro atoms. The predicted molar refractivity (Wildman–Crippen MR) is 67.1 cm³/mol. The van der Waals surface area contributed by atoms with E-state index in [9.17, 15) is 4.39 Å². The first-order chi connectivity index (χ1) is 9.33. The largest absolute Gasteiger partial charge is 0.455 e. The Morgan fingerprint density at radius 2 is 1.89 bits per heavy atom. The molecule has 5 nitrogen and oxygen atoms in total. The summed E-state index contributed by atoms with van der Waals surface area (Å²) in [4.78, 5) is 0. The van der Waals surface area contributed by atoms with Gasteiger partial charge in [-0.1, -0.05) is 12.1 Å². The number of rotatable bonds is 3. The molecular weight excluding hydrogens is 247 g/mol. The van der Waals surface area contributed by atoms with Gasteiger partial charge in [0.1, 0.15) is 30.0 Å². The van der Waals surface area contributed by atoms with Gasteiger partial charge in [0.25, 0.3) is 0 Å². The molecule has 0 atom stereocenters. The van der Waals surface area contributed by atoms with Gasteiger partial charge in [0.05, 0.1) is 11.8 Å². The number of hydrogen-bond donors (Lipinski definition) is 0. The predicted octanol–water partition coefficient (Wildman–Crippen LogP) is 2.56. The van der Waals surface area contributed by atoms with Gasteiger partial charge in [-0.3, -0.25) is 0 Å². The molecule has 0 radical (unpaired) electrons. The van der Waals surface area contributed by atoms with Crippen molar-refractivity contribution in [2.24, 2.45) is 5.10 Å². The maximum absolute atomic E-state index is 13.6. The summed E-state index contributed by atoms with van der Waals surface area (Å²) in [7, 11) is 0. The molecule has 0 bridgehead atoms. The average molecular weight is 256 g/mol. The highest BCUT2D eigenvalue weighted by atomic mass is 19.1. The second kappa shape index (κ2) is 4.85. The van der Waals surface area contributed by atoms with Gasteiger partial charge in [0, 0.05) is 0 Å². The van der Waals surface area contributed by atoms with Crippen molar-refractivity contribution in [3.05, 3.63) is 60.6 Å². The maximum atomic E-state index is 13.6. The molecule has 6 heteroatoms. The lowest BCUT2D eigenvalue weighted by Gasteiger charge is -1.97. The number of nitrogens with zero attached hydrogens (tertiary/aromatic N) is 4. The van der Waals surface area contributed by atoms with E-state index in [-0.39, 0.29) is 5.82 Å². The summed E-state index contributed by atoms with van der Waals surface area (Å²) in [6.07, 6.45) is 4.42. The highest BCUT2D eigenvalue weighted by molar-refractivity contribution is 5.77. The first-order valence-electron chi connectivity index (χ1n) is 5.56. The molecule has 0 fully saturated rings. The molecule has 2 aromatic heterocycles. The lowest BCUT2D eigenvalue weighted by Crippen LogP contribution is -1.85. The fourth-order valence-electron chi connectivity index (χ4n) is 1.61. The Morgan fingerprint density at radius 3 is 2.68 bits per heavy atom. The Morgan fingerprint density at radius 1 is 1.11 bits per heavy atom. The third-order valence-corrected chi connectivity index (χ3v) is 2.49. The Labute approximate surface area is 108 Å². The van der Waals surface area contributed by atoms with E-state index in [1.54, 1.807) is 30.3 Å². The van der Waals surface area contributed by atoms with E-state index in [0.29, 0.717) is 17.1 Å². The summed E-state index contributed by atoms with van der Waals surface area (Å²) < 4.78 is 20.5. The van der Waals surface area contributed by atoms with Crippen LogP contribution in [-0.2, 0) is 0 Å². The molecule has 0 N–H and O–H groups in total. The highest BCUT2D eigenvalue weighted by Crippen LogP contribution is 2.24. The number of benzene rings is 1. The summed E-state index contributed by atoms with van der Waals surface area (Å²) in [6.45, 7) is 0. The molecular formula is C13H9FN4O. The van der Waals surface area contributed by atoms with Crippen LogP contribution in [0.4, 0.5) is 4.39 Å². The quantitative estimate of drug-likeness (QED) is 0.677. The molecule has 1 aromatic carbocycles. The Kier molecular flexibility index (Phi) is 2.89. The van der Waals surface area contributed by atoms with E-state index >= 15 is 0 Å². The zero-order valence-electron chi connectivity index (χ0n) is 9.77. The van der Waals surface area contributed by atoms with Gasteiger partial charge < -0.3 is 4.42 Å². The third-order valence-electron chi connectivity index (χ3n) is 2.49. The van der Waals surface area contributed by atoms with Crippen molar-refractivity contribution in [2.75, 3.05) is 0 Å². The Balaban J connectivity index is 1.86. The standard InChI is InChI=1S/C13H9FN4O/c14-12-4-2-1-3-11(12)13-6-5-10(19-13)7-17-18-8-15-16-9-18/h1-9H/b17-7-. The van der Waals surface area contributed by atoms with Crippen LogP contribution in [0.2, 0.25) is 0 Å². The fraction of sp³-hybridized carbons (Fsp3) is 0. The summed E-state index contributed by atoms with van der Waals surface area (Å²) in [5.74, 6) is 0.661. The molecule has 3 aromatic rings. The van der Waals surface area contributed by atoms with Crippen LogP contribution in [0.15, 0.2) is 58.6 Å². The van der Waals surface area contributed by atoms with Gasteiger partial charge in [-0.15, -0.1) is 10.2 Å². The molecule has 0 aliphatic heterocycles. The molecule has 94 valence electrons. The summed E-state index contributed by atoms with van der Waals surface area (Å²) >= 11 is 0. The zero-order chi connectivity index (χ0) is 13.1.